The number of hydrogen-bond donors (Lipinski definition) is 4. The normalized spacial score (nSPS) is 12.5. The van der Waals surface area contributed by atoms with Gasteiger partial charge in [0, 0.05) is 0 Å². The number of carbonyl (C=O) groups excluding carboxylic acids is 5. The fourth-order valence-corrected chi connectivity index (χ4v) is 3.33. The van der Waals surface area contributed by atoms with Gasteiger partial charge in [-0.3, -0.25) is 0 Å². The minimum Gasteiger partial charge on any atom is -0.444 e. The molecular formula is C24H35BN5O6P. The molecule has 37 heavy (non-hydrogen) atoms. The van der Waals surface area contributed by atoms with Crippen LogP contribution in [0.2, 0.25) is 0 Å². The maximum atomic E-state index is 13.2. The van der Waals surface area contributed by atoms with E-state index in [1.165, 1.54) is 0 Å². The summed E-state index contributed by atoms with van der Waals surface area (Å²) in [5.41, 5.74) is 0.0475. The third-order valence-corrected chi connectivity index (χ3v) is 4.99. The van der Waals surface area contributed by atoms with Crippen molar-refractivity contribution in [2.75, 3.05) is 13.1 Å². The van der Waals surface area contributed by atoms with Crippen LogP contribution in [-0.4, -0.2) is 67.5 Å². The number of alkyl carbamates (subject to hydrolysis) is 1. The van der Waals surface area contributed by atoms with Crippen LogP contribution in [0.3, 0.4) is 0 Å². The van der Waals surface area contributed by atoms with Gasteiger partial charge in [0.05, 0.1) is 0 Å². The standard InChI is InChI=1S/C24H35BN5O6P/c1-15(2)11-17(21(33)26-14-20(32)30-37-25)29-22(34)18(12-16-9-7-6-8-10-16)28-19(31)13-27-23(35)36-24(3,4)5/h6-10,15,17-18H,11-14H2,1-5H3,(H,26,33)(H,27,35)(H,28,31)(H,29,34). The van der Waals surface area contributed by atoms with Gasteiger partial charge < -0.3 is 10.1 Å². The molecule has 0 saturated carbocycles. The van der Waals surface area contributed by atoms with Crippen molar-refractivity contribution in [3.05, 3.63) is 35.9 Å². The molecule has 0 saturated heterocycles. The van der Waals surface area contributed by atoms with E-state index in [9.17, 15) is 24.0 Å². The molecule has 11 nitrogen and oxygen atoms in total. The Morgan fingerprint density at radius 2 is 1.59 bits per heavy atom. The second-order valence-electron chi connectivity index (χ2n) is 9.68. The van der Waals surface area contributed by atoms with Gasteiger partial charge in [0.2, 0.25) is 0 Å². The molecule has 2 atom stereocenters. The van der Waals surface area contributed by atoms with Crippen molar-refractivity contribution in [1.82, 2.24) is 21.3 Å². The molecule has 5 amide bonds. The summed E-state index contributed by atoms with van der Waals surface area (Å²) < 4.78 is 8.57. The van der Waals surface area contributed by atoms with E-state index >= 15 is 0 Å². The number of benzene rings is 1. The molecule has 4 N–H and O–H groups in total. The monoisotopic (exact) mass is 531 g/mol. The first-order valence-corrected chi connectivity index (χ1v) is 12.7. The number of rotatable bonds is 12. The number of nitrogens with zero attached hydrogens (tertiary/aromatic N) is 1. The summed E-state index contributed by atoms with van der Waals surface area (Å²) in [6.07, 6.45) is -0.325. The first-order valence-electron chi connectivity index (χ1n) is 11.8. The molecule has 0 aromatic heterocycles. The van der Waals surface area contributed by atoms with Crippen LogP contribution in [0.15, 0.2) is 35.1 Å². The predicted octanol–water partition coefficient (Wildman–Crippen LogP) is 1.63. The summed E-state index contributed by atoms with van der Waals surface area (Å²) in [7, 11) is 5.22. The summed E-state index contributed by atoms with van der Waals surface area (Å²) in [5, 5.41) is 10.1. The molecule has 0 aliphatic heterocycles. The minimum absolute atomic E-state index is 0.0366. The van der Waals surface area contributed by atoms with E-state index in [2.05, 4.69) is 26.0 Å². The molecule has 1 rings (SSSR count). The maximum absolute atomic E-state index is 13.2. The SMILES string of the molecule is B#P=NC(=O)CNC(=O)C(CC(C)C)NC(=O)C(Cc1ccccc1)NC(=O)CNC(=O)OC(C)(C)C. The van der Waals surface area contributed by atoms with E-state index < -0.39 is 54.0 Å². The van der Waals surface area contributed by atoms with E-state index in [4.69, 9.17) is 11.7 Å². The summed E-state index contributed by atoms with van der Waals surface area (Å²) in [6, 6.07) is 7.03. The second kappa shape index (κ2) is 15.9. The Morgan fingerprint density at radius 3 is 2.16 bits per heavy atom. The Balaban J connectivity index is 2.95. The third kappa shape index (κ3) is 14.3. The molecule has 0 aliphatic rings. The van der Waals surface area contributed by atoms with E-state index in [1.807, 2.05) is 19.9 Å². The Bertz CT molecular complexity index is 1060. The average Bonchev–Trinajstić information content (AvgIpc) is 2.80. The Morgan fingerprint density at radius 1 is 0.946 bits per heavy atom. The van der Waals surface area contributed by atoms with Crippen LogP contribution in [0.1, 0.15) is 46.6 Å². The van der Waals surface area contributed by atoms with Crippen molar-refractivity contribution in [3.63, 3.8) is 0 Å². The number of ether oxygens (including phenoxy) is 1. The van der Waals surface area contributed by atoms with Crippen LogP contribution in [0.5, 0.6) is 0 Å². The molecule has 1 aromatic rings. The second-order valence-corrected chi connectivity index (χ2v) is 10.1. The van der Waals surface area contributed by atoms with E-state index in [1.54, 1.807) is 45.0 Å². The van der Waals surface area contributed by atoms with Crippen LogP contribution in [0, 0.1) is 5.92 Å². The van der Waals surface area contributed by atoms with Crippen LogP contribution in [0.4, 0.5) is 4.79 Å². The number of carbonyl (C=O) groups is 5. The third-order valence-electron chi connectivity index (χ3n) is 4.65. The van der Waals surface area contributed by atoms with Crippen LogP contribution in [-0.2, 0) is 30.3 Å². The van der Waals surface area contributed by atoms with Crippen LogP contribution >= 0.6 is 7.69 Å². The van der Waals surface area contributed by atoms with E-state index in [-0.39, 0.29) is 26.6 Å². The summed E-state index contributed by atoms with van der Waals surface area (Å²) in [5.74, 6) is -2.32. The first kappa shape index (κ1) is 31.9. The van der Waals surface area contributed by atoms with Gasteiger partial charge in [-0.1, -0.05) is 18.2 Å². The molecular weight excluding hydrogens is 496 g/mol. The smallest absolute Gasteiger partial charge is 0.444 e. The minimum atomic E-state index is -1.04. The summed E-state index contributed by atoms with van der Waals surface area (Å²) in [6.45, 7) is 8.08. The van der Waals surface area contributed by atoms with Crippen molar-refractivity contribution in [3.8, 4) is 0 Å². The van der Waals surface area contributed by atoms with Crippen molar-refractivity contribution in [2.24, 2.45) is 10.7 Å². The molecule has 200 valence electrons. The predicted molar refractivity (Wildman–Crippen MR) is 141 cm³/mol. The van der Waals surface area contributed by atoms with Gasteiger partial charge in [0.15, 0.2) is 0 Å². The number of hydrogen-bond acceptors (Lipinski definition) is 6. The fraction of sp³-hybridized carbons (Fsp3) is 0.542. The molecule has 1 aromatic carbocycles. The van der Waals surface area contributed by atoms with Crippen molar-refractivity contribution >= 4 is 44.4 Å². The quantitative estimate of drug-likeness (QED) is 0.237. The first-order chi connectivity index (χ1) is 17.3. The fourth-order valence-electron chi connectivity index (χ4n) is 3.13. The number of amides is 5. The number of nitrogens with one attached hydrogen (secondary N) is 4. The summed E-state index contributed by atoms with van der Waals surface area (Å²) >= 11 is 0. The van der Waals surface area contributed by atoms with Crippen LogP contribution in [0.25, 0.3) is 0 Å². The zero-order chi connectivity index (χ0) is 28.0. The molecule has 2 unspecified atom stereocenters. The van der Waals surface area contributed by atoms with Crippen molar-refractivity contribution in [2.45, 2.75) is 65.1 Å². The van der Waals surface area contributed by atoms with Gasteiger partial charge in [-0.05, 0) is 20.8 Å². The molecule has 13 heteroatoms. The van der Waals surface area contributed by atoms with Gasteiger partial charge in [-0.15, -0.1) is 0 Å². The Labute approximate surface area is 219 Å². The zero-order valence-electron chi connectivity index (χ0n) is 21.9. The van der Waals surface area contributed by atoms with Crippen molar-refractivity contribution < 1.29 is 28.7 Å². The molecule has 0 spiro atoms. The molecule has 0 heterocycles. The molecule has 0 aliphatic carbocycles. The van der Waals surface area contributed by atoms with Gasteiger partial charge in [0.1, 0.15) is 5.60 Å². The molecule has 0 radical (unpaired) electrons. The topological polar surface area (TPSA) is 155 Å². The summed E-state index contributed by atoms with van der Waals surface area (Å²) in [4.78, 5) is 62.0. The van der Waals surface area contributed by atoms with Gasteiger partial charge >= 0.3 is 160 Å². The Hall–Kier alpha value is -3.14. The van der Waals surface area contributed by atoms with E-state index in [0.29, 0.717) is 6.42 Å². The van der Waals surface area contributed by atoms with Gasteiger partial charge in [-0.2, -0.15) is 0 Å². The van der Waals surface area contributed by atoms with Gasteiger partial charge in [-0.25, -0.2) is 4.79 Å². The molecule has 0 bridgehead atoms. The van der Waals surface area contributed by atoms with E-state index in [0.717, 1.165) is 5.56 Å². The van der Waals surface area contributed by atoms with Crippen molar-refractivity contribution in [1.29, 1.82) is 0 Å². The zero-order valence-corrected chi connectivity index (χ0v) is 22.8. The Kier molecular flexibility index (Phi) is 13.7. The molecule has 0 fully saturated rings. The average molecular weight is 531 g/mol. The van der Waals surface area contributed by atoms with Gasteiger partial charge in [0.25, 0.3) is 0 Å². The van der Waals surface area contributed by atoms with Crippen LogP contribution < -0.4 is 21.3 Å².